The number of hydrogen-bond acceptors (Lipinski definition) is 5. The molecule has 0 fully saturated rings. The monoisotopic (exact) mass is 342 g/mol. The molecule has 1 N–H and O–H groups in total. The Hall–Kier alpha value is -2.87. The number of nitrogens with zero attached hydrogens (tertiary/aromatic N) is 2. The Morgan fingerprint density at radius 2 is 1.71 bits per heavy atom. The third-order valence-electron chi connectivity index (χ3n) is 3.37. The first kappa shape index (κ1) is 17.5. The standard InChI is InChI=1S/C17H14N2O4S/c1-11(2)12-4-6-17(24(20,21)22)16(8-12)23-15-5-3-13(9-18)14(7-15)10-19/h3-8,11H,1-2H3,(H,20,21,22). The van der Waals surface area contributed by atoms with E-state index in [1.165, 1.54) is 30.3 Å². The summed E-state index contributed by atoms with van der Waals surface area (Å²) in [7, 11) is -4.47. The lowest BCUT2D eigenvalue weighted by atomic mass is 10.0. The minimum atomic E-state index is -4.47. The lowest BCUT2D eigenvalue weighted by molar-refractivity contribution is 0.449. The van der Waals surface area contributed by atoms with Crippen molar-refractivity contribution in [1.82, 2.24) is 0 Å². The highest BCUT2D eigenvalue weighted by atomic mass is 32.2. The van der Waals surface area contributed by atoms with Gasteiger partial charge in [-0.3, -0.25) is 4.55 Å². The zero-order valence-corrected chi connectivity index (χ0v) is 13.8. The molecule has 0 saturated carbocycles. The van der Waals surface area contributed by atoms with Crippen LogP contribution in [0, 0.1) is 22.7 Å². The van der Waals surface area contributed by atoms with E-state index in [1.54, 1.807) is 6.07 Å². The van der Waals surface area contributed by atoms with E-state index >= 15 is 0 Å². The zero-order valence-electron chi connectivity index (χ0n) is 13.0. The molecule has 0 aliphatic heterocycles. The van der Waals surface area contributed by atoms with E-state index in [9.17, 15) is 13.0 Å². The Balaban J connectivity index is 2.54. The number of nitriles is 2. The Kier molecular flexibility index (Phi) is 4.89. The molecule has 0 aliphatic rings. The van der Waals surface area contributed by atoms with Crippen LogP contribution in [0.5, 0.6) is 11.5 Å². The average molecular weight is 342 g/mol. The third kappa shape index (κ3) is 3.72. The van der Waals surface area contributed by atoms with E-state index in [0.29, 0.717) is 0 Å². The van der Waals surface area contributed by atoms with Crippen molar-refractivity contribution in [2.45, 2.75) is 24.7 Å². The van der Waals surface area contributed by atoms with Gasteiger partial charge in [0.2, 0.25) is 0 Å². The zero-order chi connectivity index (χ0) is 17.9. The highest BCUT2D eigenvalue weighted by Gasteiger charge is 2.19. The highest BCUT2D eigenvalue weighted by Crippen LogP contribution is 2.32. The van der Waals surface area contributed by atoms with Gasteiger partial charge in [-0.25, -0.2) is 0 Å². The first-order chi connectivity index (χ1) is 11.3. The van der Waals surface area contributed by atoms with Crippen molar-refractivity contribution in [3.63, 3.8) is 0 Å². The second kappa shape index (κ2) is 6.71. The SMILES string of the molecule is CC(C)c1ccc(S(=O)(=O)O)c(Oc2ccc(C#N)c(C#N)c2)c1. The predicted octanol–water partition coefficient (Wildman–Crippen LogP) is 3.59. The fraction of sp³-hybridized carbons (Fsp3) is 0.176. The van der Waals surface area contributed by atoms with Gasteiger partial charge < -0.3 is 4.74 Å². The van der Waals surface area contributed by atoms with Crippen LogP contribution in [0.1, 0.15) is 36.5 Å². The molecule has 2 rings (SSSR count). The van der Waals surface area contributed by atoms with Crippen LogP contribution in [0.2, 0.25) is 0 Å². The molecule has 0 saturated heterocycles. The van der Waals surface area contributed by atoms with Gasteiger partial charge in [0.15, 0.2) is 0 Å². The third-order valence-corrected chi connectivity index (χ3v) is 4.27. The minimum absolute atomic E-state index is 0.0442. The molecule has 0 bridgehead atoms. The second-order valence-corrected chi connectivity index (χ2v) is 6.76. The molecule has 0 radical (unpaired) electrons. The number of benzene rings is 2. The van der Waals surface area contributed by atoms with Crippen LogP contribution < -0.4 is 4.74 Å². The van der Waals surface area contributed by atoms with E-state index in [-0.39, 0.29) is 33.4 Å². The van der Waals surface area contributed by atoms with Gasteiger partial charge in [-0.1, -0.05) is 19.9 Å². The summed E-state index contributed by atoms with van der Waals surface area (Å²) >= 11 is 0. The van der Waals surface area contributed by atoms with Crippen LogP contribution in [0.3, 0.4) is 0 Å². The Morgan fingerprint density at radius 1 is 1.04 bits per heavy atom. The molecule has 2 aromatic carbocycles. The van der Waals surface area contributed by atoms with Gasteiger partial charge in [0.25, 0.3) is 10.1 Å². The molecule has 0 unspecified atom stereocenters. The minimum Gasteiger partial charge on any atom is -0.456 e. The maximum absolute atomic E-state index is 11.5. The van der Waals surface area contributed by atoms with Crippen molar-refractivity contribution in [1.29, 1.82) is 10.5 Å². The molecule has 2 aromatic rings. The van der Waals surface area contributed by atoms with Crippen molar-refractivity contribution < 1.29 is 17.7 Å². The molecule has 24 heavy (non-hydrogen) atoms. The maximum atomic E-state index is 11.5. The molecule has 0 aromatic heterocycles. The van der Waals surface area contributed by atoms with E-state index in [4.69, 9.17) is 15.3 Å². The first-order valence-electron chi connectivity index (χ1n) is 6.99. The van der Waals surface area contributed by atoms with Crippen LogP contribution in [-0.4, -0.2) is 13.0 Å². The van der Waals surface area contributed by atoms with Crippen molar-refractivity contribution >= 4 is 10.1 Å². The molecule has 0 spiro atoms. The summed E-state index contributed by atoms with van der Waals surface area (Å²) in [6.45, 7) is 3.86. The number of rotatable bonds is 4. The molecule has 7 heteroatoms. The van der Waals surface area contributed by atoms with Gasteiger partial charge in [-0.2, -0.15) is 18.9 Å². The summed E-state index contributed by atoms with van der Waals surface area (Å²) in [5.74, 6) is 0.270. The maximum Gasteiger partial charge on any atom is 0.298 e. The van der Waals surface area contributed by atoms with Crippen molar-refractivity contribution in [3.05, 3.63) is 53.1 Å². The first-order valence-corrected chi connectivity index (χ1v) is 8.44. The summed E-state index contributed by atoms with van der Waals surface area (Å²) in [6.07, 6.45) is 0. The smallest absolute Gasteiger partial charge is 0.298 e. The Labute approximate surface area is 140 Å². The Bertz CT molecular complexity index is 967. The summed E-state index contributed by atoms with van der Waals surface area (Å²) in [6, 6.07) is 12.4. The van der Waals surface area contributed by atoms with Crippen LogP contribution in [0.25, 0.3) is 0 Å². The summed E-state index contributed by atoms with van der Waals surface area (Å²) in [5, 5.41) is 18.0. The van der Waals surface area contributed by atoms with E-state index in [2.05, 4.69) is 0 Å². The molecule has 6 nitrogen and oxygen atoms in total. The molecule has 0 atom stereocenters. The van der Waals surface area contributed by atoms with Gasteiger partial charge >= 0.3 is 0 Å². The van der Waals surface area contributed by atoms with Gasteiger partial charge in [-0.05, 0) is 41.8 Å². The normalized spacial score (nSPS) is 10.9. The molecule has 0 heterocycles. The number of ether oxygens (including phenoxy) is 1. The van der Waals surface area contributed by atoms with Gasteiger partial charge in [0, 0.05) is 0 Å². The van der Waals surface area contributed by atoms with Crippen molar-refractivity contribution in [3.8, 4) is 23.6 Å². The second-order valence-electron chi connectivity index (χ2n) is 5.37. The van der Waals surface area contributed by atoms with E-state index in [1.807, 2.05) is 26.0 Å². The van der Waals surface area contributed by atoms with Gasteiger partial charge in [-0.15, -0.1) is 0 Å². The molecule has 0 aliphatic carbocycles. The topological polar surface area (TPSA) is 111 Å². The van der Waals surface area contributed by atoms with Gasteiger partial charge in [0.1, 0.15) is 28.5 Å². The van der Waals surface area contributed by atoms with Crippen LogP contribution >= 0.6 is 0 Å². The summed E-state index contributed by atoms with van der Waals surface area (Å²) < 4.78 is 38.0. The van der Waals surface area contributed by atoms with Gasteiger partial charge in [0.05, 0.1) is 11.1 Å². The van der Waals surface area contributed by atoms with Crippen molar-refractivity contribution in [2.24, 2.45) is 0 Å². The molecular weight excluding hydrogens is 328 g/mol. The predicted molar refractivity (Wildman–Crippen MR) is 86.3 cm³/mol. The van der Waals surface area contributed by atoms with Crippen LogP contribution in [-0.2, 0) is 10.1 Å². The van der Waals surface area contributed by atoms with E-state index in [0.717, 1.165) is 5.56 Å². The summed E-state index contributed by atoms with van der Waals surface area (Å²) in [4.78, 5) is -0.366. The lowest BCUT2D eigenvalue weighted by Crippen LogP contribution is -2.02. The fourth-order valence-corrected chi connectivity index (χ4v) is 2.68. The lowest BCUT2D eigenvalue weighted by Gasteiger charge is -2.13. The fourth-order valence-electron chi connectivity index (χ4n) is 2.08. The quantitative estimate of drug-likeness (QED) is 0.850. The molecular formula is C17H14N2O4S. The van der Waals surface area contributed by atoms with Crippen LogP contribution in [0.4, 0.5) is 0 Å². The van der Waals surface area contributed by atoms with E-state index < -0.39 is 10.1 Å². The highest BCUT2D eigenvalue weighted by molar-refractivity contribution is 7.86. The largest absolute Gasteiger partial charge is 0.456 e. The summed E-state index contributed by atoms with van der Waals surface area (Å²) in [5.41, 5.74) is 1.13. The molecule has 0 amide bonds. The van der Waals surface area contributed by atoms with Crippen molar-refractivity contribution in [2.75, 3.05) is 0 Å². The average Bonchev–Trinajstić information content (AvgIpc) is 2.53. The number of hydrogen-bond donors (Lipinski definition) is 1. The Morgan fingerprint density at radius 3 is 2.25 bits per heavy atom. The molecule has 122 valence electrons. The van der Waals surface area contributed by atoms with Crippen LogP contribution in [0.15, 0.2) is 41.3 Å².